The Kier molecular flexibility index (Phi) is 8.92. The Morgan fingerprint density at radius 2 is 1.88 bits per heavy atom. The van der Waals surface area contributed by atoms with Gasteiger partial charge >= 0.3 is 5.92 Å². The molecule has 6 heterocycles. The monoisotopic (exact) mass is 724 g/mol. The molecule has 7 rings (SSSR count). The van der Waals surface area contributed by atoms with Gasteiger partial charge in [0.25, 0.3) is 0 Å². The Labute approximate surface area is 293 Å². The summed E-state index contributed by atoms with van der Waals surface area (Å²) in [5, 5.41) is 6.06. The van der Waals surface area contributed by atoms with E-state index in [2.05, 4.69) is 11.6 Å². The highest BCUT2D eigenvalue weighted by Crippen LogP contribution is 2.49. The van der Waals surface area contributed by atoms with Crippen molar-refractivity contribution < 1.29 is 36.2 Å². The van der Waals surface area contributed by atoms with Crippen LogP contribution >= 0.6 is 11.3 Å². The summed E-state index contributed by atoms with van der Waals surface area (Å²) >= 11 is 0.996. The highest BCUT2D eigenvalue weighted by molar-refractivity contribution is 7.17. The lowest BCUT2D eigenvalue weighted by molar-refractivity contribution is -0.129. The van der Waals surface area contributed by atoms with Crippen LogP contribution in [-0.2, 0) is 22.0 Å². The zero-order chi connectivity index (χ0) is 36.4. The fourth-order valence-corrected chi connectivity index (χ4v) is 7.90. The van der Waals surface area contributed by atoms with Gasteiger partial charge in [0.1, 0.15) is 46.9 Å². The van der Waals surface area contributed by atoms with E-state index < -0.39 is 36.0 Å². The molecule has 2 aliphatic heterocycles. The number of fused-ring (bicyclic) bond motifs is 3. The van der Waals surface area contributed by atoms with E-state index in [-0.39, 0.29) is 87.0 Å². The number of aromatic nitrogens is 4. The van der Waals surface area contributed by atoms with Gasteiger partial charge in [-0.25, -0.2) is 18.2 Å². The lowest BCUT2D eigenvalue weighted by atomic mass is 9.94. The summed E-state index contributed by atoms with van der Waals surface area (Å²) in [6.45, 7) is 7.41. The number of alkyl halides is 2. The summed E-state index contributed by atoms with van der Waals surface area (Å²) in [5.41, 5.74) is 1.08. The molecule has 0 fully saturated rings. The van der Waals surface area contributed by atoms with Crippen molar-refractivity contribution in [3.8, 4) is 39.5 Å². The van der Waals surface area contributed by atoms with Crippen molar-refractivity contribution in [2.75, 3.05) is 40.5 Å². The minimum atomic E-state index is -3.18. The highest BCUT2D eigenvalue weighted by Gasteiger charge is 2.41. The van der Waals surface area contributed by atoms with Crippen molar-refractivity contribution in [2.24, 2.45) is 0 Å². The predicted molar refractivity (Wildman–Crippen MR) is 182 cm³/mol. The number of methoxy groups -OCH3 is 1. The fraction of sp³-hybridized carbons (Fsp3) is 0.333. The van der Waals surface area contributed by atoms with Crippen LogP contribution < -0.4 is 4.74 Å². The average molecular weight is 725 g/mol. The van der Waals surface area contributed by atoms with E-state index in [1.54, 1.807) is 28.8 Å². The second-order valence-corrected chi connectivity index (χ2v) is 13.7. The second-order valence-electron chi connectivity index (χ2n) is 12.8. The summed E-state index contributed by atoms with van der Waals surface area (Å²) in [5.74, 6) is -6.32. The van der Waals surface area contributed by atoms with E-state index in [4.69, 9.17) is 19.6 Å². The first kappa shape index (κ1) is 34.7. The minimum Gasteiger partial charge on any atom is -0.490 e. The van der Waals surface area contributed by atoms with Crippen LogP contribution in [0.1, 0.15) is 42.9 Å². The van der Waals surface area contributed by atoms with Gasteiger partial charge in [0.05, 0.1) is 46.9 Å². The Hall–Kier alpha value is -4.73. The maximum absolute atomic E-state index is 16.2. The summed E-state index contributed by atoms with van der Waals surface area (Å²) in [4.78, 5) is 25.0. The molecule has 9 nitrogen and oxygen atoms in total. The van der Waals surface area contributed by atoms with Gasteiger partial charge in [-0.15, -0.1) is 11.3 Å². The van der Waals surface area contributed by atoms with Gasteiger partial charge in [-0.1, -0.05) is 6.58 Å². The van der Waals surface area contributed by atoms with Crippen molar-refractivity contribution in [1.82, 2.24) is 29.5 Å². The molecule has 0 saturated heterocycles. The van der Waals surface area contributed by atoms with Crippen molar-refractivity contribution in [1.29, 1.82) is 0 Å². The number of carbonyl (C=O) groups excluding carboxylic acids is 1. The Morgan fingerprint density at radius 3 is 2.63 bits per heavy atom. The number of hydrogen-bond acceptors (Lipinski definition) is 8. The van der Waals surface area contributed by atoms with E-state index in [9.17, 15) is 18.0 Å². The number of hydrogen-bond donors (Lipinski definition) is 0. The molecular formula is C36H33F5N6O3S. The Bertz CT molecular complexity index is 2200. The molecule has 4 aromatic heterocycles. The zero-order valence-corrected chi connectivity index (χ0v) is 29.0. The molecule has 0 unspecified atom stereocenters. The molecule has 2 atom stereocenters. The van der Waals surface area contributed by atoms with Crippen molar-refractivity contribution in [2.45, 2.75) is 38.4 Å². The second kappa shape index (κ2) is 13.1. The van der Waals surface area contributed by atoms with Gasteiger partial charge < -0.3 is 14.4 Å². The molecule has 0 bridgehead atoms. The van der Waals surface area contributed by atoms with E-state index in [1.807, 2.05) is 13.8 Å². The SMILES string of the molecule is C=CC(=O)N1C[C@H](C)n2nc(-c3nc(-c4cnc5c(c4)CN(C)CC5(F)F)c4scc(F)c4c3-c3c(F)cc(F)cc3OCCOC)cc2[C@H]1C. The van der Waals surface area contributed by atoms with Gasteiger partial charge in [-0.05, 0) is 44.7 Å². The minimum absolute atomic E-state index is 0.0277. The number of rotatable bonds is 8. The largest absolute Gasteiger partial charge is 0.490 e. The molecular weight excluding hydrogens is 691 g/mol. The number of amides is 1. The summed E-state index contributed by atoms with van der Waals surface area (Å²) in [6, 6.07) is 4.20. The normalized spacial score (nSPS) is 18.5. The molecule has 0 N–H and O–H groups in total. The maximum atomic E-state index is 16.2. The van der Waals surface area contributed by atoms with E-state index in [1.165, 1.54) is 29.7 Å². The first-order chi connectivity index (χ1) is 24.3. The molecule has 1 aromatic carbocycles. The lowest BCUT2D eigenvalue weighted by Gasteiger charge is -2.36. The third kappa shape index (κ3) is 5.96. The molecule has 1 amide bonds. The maximum Gasteiger partial charge on any atom is 0.302 e. The van der Waals surface area contributed by atoms with Crippen LogP contribution in [0.4, 0.5) is 22.0 Å². The van der Waals surface area contributed by atoms with Crippen molar-refractivity contribution in [3.05, 3.63) is 82.9 Å². The smallest absolute Gasteiger partial charge is 0.302 e. The van der Waals surface area contributed by atoms with Crippen LogP contribution in [0, 0.1) is 17.5 Å². The quantitative estimate of drug-likeness (QED) is 0.0930. The number of carbonyl (C=O) groups is 1. The fourth-order valence-electron chi connectivity index (χ4n) is 6.96. The number of thiophene rings is 1. The molecule has 2 aliphatic rings. The first-order valence-corrected chi connectivity index (χ1v) is 17.0. The molecule has 0 radical (unpaired) electrons. The van der Waals surface area contributed by atoms with E-state index in [0.717, 1.165) is 17.4 Å². The van der Waals surface area contributed by atoms with E-state index in [0.29, 0.717) is 23.9 Å². The Morgan fingerprint density at radius 1 is 1.10 bits per heavy atom. The van der Waals surface area contributed by atoms with Crippen LogP contribution in [0.15, 0.2) is 48.5 Å². The first-order valence-electron chi connectivity index (χ1n) is 16.1. The predicted octanol–water partition coefficient (Wildman–Crippen LogP) is 7.52. The lowest BCUT2D eigenvalue weighted by Crippen LogP contribution is -2.42. The molecule has 0 aliphatic carbocycles. The highest BCUT2D eigenvalue weighted by atomic mass is 32.1. The number of halogens is 5. The molecule has 0 saturated carbocycles. The van der Waals surface area contributed by atoms with Crippen LogP contribution in [0.25, 0.3) is 43.9 Å². The van der Waals surface area contributed by atoms with Gasteiger partial charge in [-0.2, -0.15) is 13.9 Å². The van der Waals surface area contributed by atoms with Crippen molar-refractivity contribution >= 4 is 27.3 Å². The third-order valence-corrected chi connectivity index (χ3v) is 10.2. The summed E-state index contributed by atoms with van der Waals surface area (Å²) < 4.78 is 89.9. The Balaban J connectivity index is 1.53. The van der Waals surface area contributed by atoms with Crippen LogP contribution in [-0.4, -0.2) is 75.9 Å². The molecule has 5 aromatic rings. The van der Waals surface area contributed by atoms with Gasteiger partial charge in [-0.3, -0.25) is 19.4 Å². The van der Waals surface area contributed by atoms with Crippen LogP contribution in [0.3, 0.4) is 0 Å². The molecule has 0 spiro atoms. The van der Waals surface area contributed by atoms with Gasteiger partial charge in [0.2, 0.25) is 5.91 Å². The zero-order valence-electron chi connectivity index (χ0n) is 28.1. The standard InChI is InChI=1S/C36H33F5N6O3S/c1-6-28(48)46-14-18(2)47-26(19(46)3)12-25(44-47)33-31(29-23(38)10-22(37)11-27(29)50-8-7-49-5)30-24(39)16-51-34(30)32(43-33)20-9-21-15-45(4)17-36(40,41)35(21)42-13-20/h6,9-13,16,18-19H,1,7-8,14-15,17H2,2-5H3/t18-,19+/m0/s1. The summed E-state index contributed by atoms with van der Waals surface area (Å²) in [6.07, 6.45) is 2.51. The van der Waals surface area contributed by atoms with Gasteiger partial charge in [0.15, 0.2) is 0 Å². The number of likely N-dealkylation sites (N-methyl/N-ethyl adjacent to an activating group) is 1. The molecule has 15 heteroatoms. The van der Waals surface area contributed by atoms with Crippen LogP contribution in [0.5, 0.6) is 5.75 Å². The molecule has 51 heavy (non-hydrogen) atoms. The van der Waals surface area contributed by atoms with Crippen LogP contribution in [0.2, 0.25) is 0 Å². The van der Waals surface area contributed by atoms with Gasteiger partial charge in [0, 0.05) is 60.4 Å². The summed E-state index contributed by atoms with van der Waals surface area (Å²) in [7, 11) is 3.03. The number of ether oxygens (including phenoxy) is 2. The number of nitrogens with zero attached hydrogens (tertiary/aromatic N) is 6. The average Bonchev–Trinajstić information content (AvgIpc) is 3.70. The number of benzene rings is 1. The number of pyridine rings is 2. The third-order valence-electron chi connectivity index (χ3n) is 9.22. The van der Waals surface area contributed by atoms with Crippen molar-refractivity contribution in [3.63, 3.8) is 0 Å². The van der Waals surface area contributed by atoms with E-state index >= 15 is 8.78 Å². The molecule has 266 valence electrons. The topological polar surface area (TPSA) is 85.6 Å².